The number of hydrogen-bond acceptors (Lipinski definition) is 12. The Kier molecular flexibility index (Phi) is 5.19. The van der Waals surface area contributed by atoms with Gasteiger partial charge in [0.25, 0.3) is 0 Å². The third-order valence-corrected chi connectivity index (χ3v) is 6.47. The highest BCUT2D eigenvalue weighted by atomic mass is 32.3. The predicted octanol–water partition coefficient (Wildman–Crippen LogP) is -1.89. The quantitative estimate of drug-likeness (QED) is 0.361. The van der Waals surface area contributed by atoms with E-state index in [9.17, 15) is 43.9 Å². The van der Waals surface area contributed by atoms with Crippen LogP contribution in [0.4, 0.5) is 0 Å². The lowest BCUT2D eigenvalue weighted by Gasteiger charge is -2.09. The summed E-state index contributed by atoms with van der Waals surface area (Å²) in [5, 5.41) is 18.7. The molecule has 1 rings (SSSR count). The molecule has 138 valence electrons. The number of benzene rings is 1. The fourth-order valence-corrected chi connectivity index (χ4v) is 4.87. The molecule has 0 aliphatic heterocycles. The van der Waals surface area contributed by atoms with Crippen LogP contribution in [0, 0.1) is 0 Å². The van der Waals surface area contributed by atoms with Gasteiger partial charge >= 0.3 is 41.0 Å². The first-order chi connectivity index (χ1) is 10.4. The summed E-state index contributed by atoms with van der Waals surface area (Å²) in [4.78, 5) is -3.20. The molecule has 0 aliphatic carbocycles. The first-order valence-corrected chi connectivity index (χ1v) is 10.4. The molecule has 0 heterocycles. The topological polar surface area (TPSA) is 236 Å². The Balaban J connectivity index is 3.66. The Labute approximate surface area is 135 Å². The van der Waals surface area contributed by atoms with Crippen LogP contribution < -0.4 is 0 Å². The van der Waals surface area contributed by atoms with Crippen LogP contribution in [-0.4, -0.2) is 53.0 Å². The van der Waals surface area contributed by atoms with E-state index in [2.05, 4.69) is 7.26 Å². The highest BCUT2D eigenvalue weighted by Crippen LogP contribution is 2.35. The Morgan fingerprint density at radius 1 is 0.625 bits per heavy atom. The summed E-state index contributed by atoms with van der Waals surface area (Å²) in [6.45, 7) is 0. The van der Waals surface area contributed by atoms with Crippen LogP contribution >= 0.6 is 0 Å². The number of phenols is 2. The van der Waals surface area contributed by atoms with Gasteiger partial charge in [0.15, 0.2) is 0 Å². The van der Waals surface area contributed by atoms with Gasteiger partial charge in [0.2, 0.25) is 0 Å². The maximum atomic E-state index is 11.5. The largest absolute Gasteiger partial charge is 0.506 e. The van der Waals surface area contributed by atoms with Gasteiger partial charge in [-0.1, -0.05) is 0 Å². The molecule has 0 radical (unpaired) electrons. The maximum absolute atomic E-state index is 11.5. The van der Waals surface area contributed by atoms with Crippen molar-refractivity contribution in [3.8, 4) is 11.5 Å². The molecule has 0 aromatic heterocycles. The van der Waals surface area contributed by atoms with Crippen molar-refractivity contribution in [3.63, 3.8) is 0 Å². The minimum Gasteiger partial charge on any atom is -0.506 e. The predicted molar refractivity (Wildman–Crippen MR) is 69.4 cm³/mol. The van der Waals surface area contributed by atoms with E-state index < -0.39 is 62.3 Å². The second-order valence-corrected chi connectivity index (χ2v) is 9.18. The minimum absolute atomic E-state index is 0.0560. The normalized spacial score (nSPS) is 13.8. The Bertz CT molecular complexity index is 989. The molecule has 1 aromatic carbocycles. The highest BCUT2D eigenvalue weighted by Gasteiger charge is 2.33. The molecule has 0 saturated heterocycles. The van der Waals surface area contributed by atoms with Crippen molar-refractivity contribution in [2.75, 3.05) is 0 Å². The van der Waals surface area contributed by atoms with E-state index in [4.69, 9.17) is 9.11 Å². The summed E-state index contributed by atoms with van der Waals surface area (Å²) in [7, 11) is -22.3. The van der Waals surface area contributed by atoms with E-state index in [1.165, 1.54) is 0 Å². The van der Waals surface area contributed by atoms with Gasteiger partial charge in [-0.25, -0.2) is 0 Å². The Morgan fingerprint density at radius 3 is 1.17 bits per heavy atom. The maximum Gasteiger partial charge on any atom is 0.412 e. The second kappa shape index (κ2) is 6.07. The standard InChI is InChI=1S/C6H6O14S4/c7-3-1-4(8)6(22(11,12)20-24(16,17)18)2-5(3)21(9,10)19-23(13,14)15/h1-2,7-8H,(H,13,14,15)(H,16,17,18). The lowest BCUT2D eigenvalue weighted by Crippen LogP contribution is -2.15. The zero-order chi connectivity index (χ0) is 19.1. The van der Waals surface area contributed by atoms with E-state index in [-0.39, 0.29) is 12.1 Å². The van der Waals surface area contributed by atoms with Gasteiger partial charge in [0.1, 0.15) is 21.3 Å². The van der Waals surface area contributed by atoms with Gasteiger partial charge in [0, 0.05) is 6.07 Å². The molecular weight excluding hydrogens is 424 g/mol. The van der Waals surface area contributed by atoms with Crippen LogP contribution in [0.2, 0.25) is 0 Å². The molecule has 0 aliphatic rings. The molecule has 0 atom stereocenters. The molecule has 24 heavy (non-hydrogen) atoms. The molecule has 1 aromatic rings. The fourth-order valence-electron chi connectivity index (χ4n) is 1.24. The number of aromatic hydroxyl groups is 2. The Hall–Kier alpha value is -1.54. The summed E-state index contributed by atoms with van der Waals surface area (Å²) in [5.74, 6) is -2.86. The third kappa shape index (κ3) is 5.24. The fraction of sp³-hybridized carbons (Fsp3) is 0. The molecule has 0 bridgehead atoms. The van der Waals surface area contributed by atoms with E-state index in [1.807, 2.05) is 0 Å². The molecule has 0 fully saturated rings. The van der Waals surface area contributed by atoms with Gasteiger partial charge in [-0.2, -0.15) is 33.7 Å². The molecule has 0 unspecified atom stereocenters. The summed E-state index contributed by atoms with van der Waals surface area (Å²) >= 11 is 0. The third-order valence-electron chi connectivity index (χ3n) is 1.93. The van der Waals surface area contributed by atoms with Crippen LogP contribution in [0.3, 0.4) is 0 Å². The van der Waals surface area contributed by atoms with Crippen LogP contribution in [0.5, 0.6) is 11.5 Å². The lowest BCUT2D eigenvalue weighted by molar-refractivity contribution is 0.379. The average molecular weight is 430 g/mol. The Morgan fingerprint density at radius 2 is 0.917 bits per heavy atom. The SMILES string of the molecule is O=S(=O)(O)OS(=O)(=O)c1cc(S(=O)(=O)OS(=O)(=O)O)c(O)cc1O. The van der Waals surface area contributed by atoms with Gasteiger partial charge in [-0.3, -0.25) is 9.11 Å². The van der Waals surface area contributed by atoms with Gasteiger partial charge in [-0.05, 0) is 6.07 Å². The lowest BCUT2D eigenvalue weighted by atomic mass is 10.3. The molecule has 4 N–H and O–H groups in total. The van der Waals surface area contributed by atoms with Crippen molar-refractivity contribution in [2.24, 2.45) is 0 Å². The molecular formula is C6H6O14S4. The molecule has 14 nitrogen and oxygen atoms in total. The second-order valence-electron chi connectivity index (χ2n) is 3.69. The van der Waals surface area contributed by atoms with Crippen molar-refractivity contribution < 1.29 is 60.2 Å². The number of rotatable bonds is 6. The van der Waals surface area contributed by atoms with E-state index in [0.29, 0.717) is 0 Å². The number of hydrogen-bond donors (Lipinski definition) is 4. The summed E-state index contributed by atoms with van der Waals surface area (Å²) in [5.41, 5.74) is 0. The first kappa shape index (κ1) is 20.5. The highest BCUT2D eigenvalue weighted by molar-refractivity contribution is 7.98. The number of phenolic OH excluding ortho intramolecular Hbond substituents is 2. The zero-order valence-electron chi connectivity index (χ0n) is 10.7. The minimum atomic E-state index is -5.61. The van der Waals surface area contributed by atoms with Crippen molar-refractivity contribution in [1.29, 1.82) is 0 Å². The molecule has 0 amide bonds. The van der Waals surface area contributed by atoms with Crippen LogP contribution in [0.25, 0.3) is 0 Å². The van der Waals surface area contributed by atoms with Crippen molar-refractivity contribution in [1.82, 2.24) is 0 Å². The van der Waals surface area contributed by atoms with Crippen LogP contribution in [-0.2, 0) is 48.3 Å². The van der Waals surface area contributed by atoms with Gasteiger partial charge < -0.3 is 10.2 Å². The summed E-state index contributed by atoms with van der Waals surface area (Å²) < 4.78 is 111. The summed E-state index contributed by atoms with van der Waals surface area (Å²) in [6.07, 6.45) is 0. The smallest absolute Gasteiger partial charge is 0.412 e. The van der Waals surface area contributed by atoms with E-state index in [0.717, 1.165) is 0 Å². The first-order valence-electron chi connectivity index (χ1n) is 4.88. The van der Waals surface area contributed by atoms with Gasteiger partial charge in [0.05, 0.1) is 0 Å². The van der Waals surface area contributed by atoms with Crippen molar-refractivity contribution in [3.05, 3.63) is 12.1 Å². The van der Waals surface area contributed by atoms with Crippen LogP contribution in [0.1, 0.15) is 0 Å². The van der Waals surface area contributed by atoms with E-state index >= 15 is 0 Å². The molecule has 0 spiro atoms. The summed E-state index contributed by atoms with van der Waals surface area (Å²) in [6, 6.07) is -0.0911. The molecule has 18 heteroatoms. The molecule has 0 saturated carbocycles. The monoisotopic (exact) mass is 430 g/mol. The van der Waals surface area contributed by atoms with Crippen molar-refractivity contribution >= 4 is 41.0 Å². The average Bonchev–Trinajstić information content (AvgIpc) is 2.20. The zero-order valence-corrected chi connectivity index (χ0v) is 13.9. The van der Waals surface area contributed by atoms with Gasteiger partial charge in [-0.15, -0.1) is 7.26 Å². The van der Waals surface area contributed by atoms with E-state index in [1.54, 1.807) is 0 Å². The van der Waals surface area contributed by atoms with Crippen LogP contribution in [0.15, 0.2) is 21.9 Å². The van der Waals surface area contributed by atoms with Crippen molar-refractivity contribution in [2.45, 2.75) is 9.79 Å².